The van der Waals surface area contributed by atoms with Crippen molar-refractivity contribution < 1.29 is 13.9 Å². The molecule has 1 N–H and O–H groups in total. The summed E-state index contributed by atoms with van der Waals surface area (Å²) in [5.41, 5.74) is -0.0139. The van der Waals surface area contributed by atoms with Gasteiger partial charge in [-0.25, -0.2) is 4.39 Å². The third-order valence-corrected chi connectivity index (χ3v) is 3.48. The minimum atomic E-state index is -0.554. The quantitative estimate of drug-likeness (QED) is 0.901. The fourth-order valence-corrected chi connectivity index (χ4v) is 2.39. The summed E-state index contributed by atoms with van der Waals surface area (Å²) in [5.74, 6) is -0.692. The van der Waals surface area contributed by atoms with E-state index in [9.17, 15) is 9.18 Å². The normalized spacial score (nSPS) is 19.4. The second-order valence-electron chi connectivity index (χ2n) is 4.67. The van der Waals surface area contributed by atoms with Crippen molar-refractivity contribution in [1.29, 1.82) is 0 Å². The first-order valence-electron chi connectivity index (χ1n) is 6.51. The van der Waals surface area contributed by atoms with Crippen LogP contribution in [0, 0.1) is 5.82 Å². The van der Waals surface area contributed by atoms with Crippen LogP contribution in [0.25, 0.3) is 0 Å². The molecule has 0 radical (unpaired) electrons. The van der Waals surface area contributed by atoms with Gasteiger partial charge in [0.05, 0.1) is 7.11 Å². The van der Waals surface area contributed by atoms with Crippen LogP contribution in [-0.2, 0) is 0 Å². The third-order valence-electron chi connectivity index (χ3n) is 3.48. The Hall–Kier alpha value is -1.62. The van der Waals surface area contributed by atoms with Gasteiger partial charge in [0.1, 0.15) is 17.1 Å². The smallest absolute Gasteiger partial charge is 0.258 e. The van der Waals surface area contributed by atoms with Gasteiger partial charge in [0, 0.05) is 19.1 Å². The zero-order chi connectivity index (χ0) is 13.8. The molecule has 0 aromatic heterocycles. The highest BCUT2D eigenvalue weighted by atomic mass is 19.1. The molecule has 1 atom stereocenters. The number of benzene rings is 1. The van der Waals surface area contributed by atoms with Crippen LogP contribution >= 0.6 is 0 Å². The Kier molecular flexibility index (Phi) is 4.37. The fraction of sp³-hybridized carbons (Fsp3) is 0.500. The van der Waals surface area contributed by atoms with Crippen molar-refractivity contribution in [1.82, 2.24) is 10.2 Å². The third kappa shape index (κ3) is 3.04. The first kappa shape index (κ1) is 13.8. The standard InChI is InChI=1S/C14H19FN2O2/c1-3-17-8-7-10(9-17)16-14(18)13-11(15)5-4-6-12(13)19-2/h4-6,10H,3,7-9H2,1-2H3,(H,16,18). The van der Waals surface area contributed by atoms with Crippen LogP contribution in [0.1, 0.15) is 23.7 Å². The molecular formula is C14H19FN2O2. The molecule has 0 bridgehead atoms. The number of ether oxygens (including phenoxy) is 1. The van der Waals surface area contributed by atoms with Crippen molar-refractivity contribution in [2.75, 3.05) is 26.7 Å². The number of amides is 1. The van der Waals surface area contributed by atoms with Gasteiger partial charge in [0.2, 0.25) is 0 Å². The van der Waals surface area contributed by atoms with Crippen LogP contribution in [0.15, 0.2) is 18.2 Å². The highest BCUT2D eigenvalue weighted by Gasteiger charge is 2.25. The lowest BCUT2D eigenvalue weighted by molar-refractivity contribution is 0.0930. The lowest BCUT2D eigenvalue weighted by Gasteiger charge is -2.16. The summed E-state index contributed by atoms with van der Waals surface area (Å²) in [5, 5.41) is 2.87. The molecule has 1 amide bonds. The average molecular weight is 266 g/mol. The summed E-state index contributed by atoms with van der Waals surface area (Å²) in [6.45, 7) is 4.84. The number of carbonyl (C=O) groups excluding carboxylic acids is 1. The fourth-order valence-electron chi connectivity index (χ4n) is 2.39. The second-order valence-corrected chi connectivity index (χ2v) is 4.67. The maximum absolute atomic E-state index is 13.8. The van der Waals surface area contributed by atoms with Crippen LogP contribution < -0.4 is 10.1 Å². The highest BCUT2D eigenvalue weighted by molar-refractivity contribution is 5.97. The van der Waals surface area contributed by atoms with Gasteiger partial charge in [-0.3, -0.25) is 4.79 Å². The molecular weight excluding hydrogens is 247 g/mol. The first-order valence-corrected chi connectivity index (χ1v) is 6.51. The number of likely N-dealkylation sites (N-methyl/N-ethyl adjacent to an activating group) is 1. The summed E-state index contributed by atoms with van der Waals surface area (Å²) in [6, 6.07) is 4.46. The SMILES string of the molecule is CCN1CCC(NC(=O)c2c(F)cccc2OC)C1. The van der Waals surface area contributed by atoms with Crippen molar-refractivity contribution in [3.8, 4) is 5.75 Å². The molecule has 1 saturated heterocycles. The summed E-state index contributed by atoms with van der Waals surface area (Å²) >= 11 is 0. The van der Waals surface area contributed by atoms with Gasteiger partial charge in [0.15, 0.2) is 0 Å². The van der Waals surface area contributed by atoms with Crippen molar-refractivity contribution in [2.45, 2.75) is 19.4 Å². The van der Waals surface area contributed by atoms with Crippen LogP contribution in [0.4, 0.5) is 4.39 Å². The van der Waals surface area contributed by atoms with E-state index >= 15 is 0 Å². The molecule has 5 heteroatoms. The van der Waals surface area contributed by atoms with Crippen LogP contribution in [0.3, 0.4) is 0 Å². The lowest BCUT2D eigenvalue weighted by Crippen LogP contribution is -2.37. The number of hydrogen-bond donors (Lipinski definition) is 1. The Morgan fingerprint density at radius 2 is 2.37 bits per heavy atom. The Balaban J connectivity index is 2.08. The van der Waals surface area contributed by atoms with Crippen LogP contribution in [-0.4, -0.2) is 43.6 Å². The van der Waals surface area contributed by atoms with Crippen LogP contribution in [0.5, 0.6) is 5.75 Å². The molecule has 0 aliphatic carbocycles. The van der Waals surface area contributed by atoms with Crippen molar-refractivity contribution >= 4 is 5.91 Å². The van der Waals surface area contributed by atoms with Crippen LogP contribution in [0.2, 0.25) is 0 Å². The van der Waals surface area contributed by atoms with Gasteiger partial charge >= 0.3 is 0 Å². The minimum Gasteiger partial charge on any atom is -0.496 e. The lowest BCUT2D eigenvalue weighted by atomic mass is 10.1. The number of rotatable bonds is 4. The first-order chi connectivity index (χ1) is 9.15. The van der Waals surface area contributed by atoms with E-state index in [0.29, 0.717) is 0 Å². The molecule has 1 aliphatic rings. The van der Waals surface area contributed by atoms with Crippen molar-refractivity contribution in [3.05, 3.63) is 29.6 Å². The van der Waals surface area contributed by atoms with Gasteiger partial charge in [0.25, 0.3) is 5.91 Å². The molecule has 0 spiro atoms. The largest absolute Gasteiger partial charge is 0.496 e. The average Bonchev–Trinajstić information content (AvgIpc) is 2.85. The predicted molar refractivity (Wildman–Crippen MR) is 70.9 cm³/mol. The summed E-state index contributed by atoms with van der Waals surface area (Å²) < 4.78 is 18.8. The topological polar surface area (TPSA) is 41.6 Å². The van der Waals surface area contributed by atoms with Gasteiger partial charge in [-0.1, -0.05) is 13.0 Å². The molecule has 1 aliphatic heterocycles. The second kappa shape index (κ2) is 6.02. The Morgan fingerprint density at radius 1 is 1.58 bits per heavy atom. The van der Waals surface area contributed by atoms with E-state index in [0.717, 1.165) is 26.1 Å². The van der Waals surface area contributed by atoms with Gasteiger partial charge in [-0.05, 0) is 25.1 Å². The van der Waals surface area contributed by atoms with E-state index in [2.05, 4.69) is 17.1 Å². The number of nitrogens with zero attached hydrogens (tertiary/aromatic N) is 1. The van der Waals surface area contributed by atoms with Gasteiger partial charge < -0.3 is 15.0 Å². The van der Waals surface area contributed by atoms with E-state index in [1.165, 1.54) is 19.2 Å². The van der Waals surface area contributed by atoms with E-state index < -0.39 is 11.7 Å². The molecule has 1 fully saturated rings. The maximum atomic E-state index is 13.8. The molecule has 1 aromatic carbocycles. The van der Waals surface area contributed by atoms with E-state index in [1.54, 1.807) is 6.07 Å². The number of methoxy groups -OCH3 is 1. The van der Waals surface area contributed by atoms with E-state index in [4.69, 9.17) is 4.74 Å². The Labute approximate surface area is 112 Å². The van der Waals surface area contributed by atoms with Crippen molar-refractivity contribution in [3.63, 3.8) is 0 Å². The molecule has 1 aromatic rings. The van der Waals surface area contributed by atoms with Gasteiger partial charge in [-0.2, -0.15) is 0 Å². The summed E-state index contributed by atoms with van der Waals surface area (Å²) in [6.07, 6.45) is 0.899. The molecule has 104 valence electrons. The molecule has 0 saturated carbocycles. The molecule has 1 heterocycles. The molecule has 19 heavy (non-hydrogen) atoms. The summed E-state index contributed by atoms with van der Waals surface area (Å²) in [7, 11) is 1.43. The number of carbonyl (C=O) groups is 1. The zero-order valence-corrected chi connectivity index (χ0v) is 11.3. The number of halogens is 1. The number of hydrogen-bond acceptors (Lipinski definition) is 3. The van der Waals surface area contributed by atoms with Gasteiger partial charge in [-0.15, -0.1) is 0 Å². The monoisotopic (exact) mass is 266 g/mol. The minimum absolute atomic E-state index is 0.0139. The maximum Gasteiger partial charge on any atom is 0.258 e. The summed E-state index contributed by atoms with van der Waals surface area (Å²) in [4.78, 5) is 14.4. The highest BCUT2D eigenvalue weighted by Crippen LogP contribution is 2.21. The Bertz CT molecular complexity index is 465. The molecule has 2 rings (SSSR count). The predicted octanol–water partition coefficient (Wildman–Crippen LogP) is 1.66. The van der Waals surface area contributed by atoms with Crippen molar-refractivity contribution in [2.24, 2.45) is 0 Å². The van der Waals surface area contributed by atoms with E-state index in [-0.39, 0.29) is 17.4 Å². The van der Waals surface area contributed by atoms with E-state index in [1.807, 2.05) is 0 Å². The molecule has 4 nitrogen and oxygen atoms in total. The number of likely N-dealkylation sites (tertiary alicyclic amines) is 1. The zero-order valence-electron chi connectivity index (χ0n) is 11.3. The number of nitrogens with one attached hydrogen (secondary N) is 1. The molecule has 1 unspecified atom stereocenters. The Morgan fingerprint density at radius 3 is 3.00 bits per heavy atom.